The van der Waals surface area contributed by atoms with Crippen molar-refractivity contribution in [3.05, 3.63) is 29.3 Å². The second-order valence-electron chi connectivity index (χ2n) is 5.10. The molecule has 0 spiro atoms. The zero-order chi connectivity index (χ0) is 12.6. The first-order valence-corrected chi connectivity index (χ1v) is 6.34. The third-order valence-corrected chi connectivity index (χ3v) is 3.75. The van der Waals surface area contributed by atoms with E-state index in [4.69, 9.17) is 5.73 Å². The van der Waals surface area contributed by atoms with Crippen molar-refractivity contribution in [2.45, 2.75) is 45.4 Å². The molecule has 2 rings (SSSR count). The Morgan fingerprint density at radius 2 is 2.00 bits per heavy atom. The van der Waals surface area contributed by atoms with Crippen LogP contribution in [-0.4, -0.2) is 23.8 Å². The van der Waals surface area contributed by atoms with Gasteiger partial charge in [0.25, 0.3) is 0 Å². The van der Waals surface area contributed by atoms with Crippen LogP contribution in [0.1, 0.15) is 37.9 Å². The van der Waals surface area contributed by atoms with Crippen LogP contribution in [0, 0.1) is 0 Å². The lowest BCUT2D eigenvalue weighted by atomic mass is 10.0. The van der Waals surface area contributed by atoms with Gasteiger partial charge in [0.2, 0.25) is 0 Å². The Hall–Kier alpha value is -1.06. The number of hydrogen-bond donors (Lipinski definition) is 2. The lowest BCUT2D eigenvalue weighted by molar-refractivity contribution is 0.166. The molecule has 3 N–H and O–H groups in total. The second-order valence-corrected chi connectivity index (χ2v) is 5.10. The fourth-order valence-electron chi connectivity index (χ4n) is 2.41. The van der Waals surface area contributed by atoms with E-state index in [9.17, 15) is 5.11 Å². The third-order valence-electron chi connectivity index (χ3n) is 3.75. The molecule has 1 heterocycles. The third kappa shape index (κ3) is 2.31. The number of aliphatic hydroxyl groups excluding tert-OH is 1. The molecular weight excluding hydrogens is 212 g/mol. The zero-order valence-electron chi connectivity index (χ0n) is 10.9. The molecule has 3 heteroatoms. The van der Waals surface area contributed by atoms with Crippen molar-refractivity contribution >= 4 is 5.69 Å². The number of aliphatic hydroxyl groups is 1. The van der Waals surface area contributed by atoms with E-state index >= 15 is 0 Å². The van der Waals surface area contributed by atoms with E-state index in [1.54, 1.807) is 0 Å². The first kappa shape index (κ1) is 12.4. The van der Waals surface area contributed by atoms with Crippen LogP contribution in [0.15, 0.2) is 18.2 Å². The van der Waals surface area contributed by atoms with Gasteiger partial charge < -0.3 is 15.7 Å². The standard InChI is InChI=1S/C14H22N2O/c1-9(15)12-4-5-14-13(8-12)6-7-16(14)10(2)11(3)17/h4-5,8-11,17H,6-7,15H2,1-3H3. The number of rotatable bonds is 3. The van der Waals surface area contributed by atoms with Gasteiger partial charge in [-0.2, -0.15) is 0 Å². The normalized spacial score (nSPS) is 19.9. The van der Waals surface area contributed by atoms with Crippen LogP contribution in [0.25, 0.3) is 0 Å². The van der Waals surface area contributed by atoms with E-state index in [-0.39, 0.29) is 18.2 Å². The maximum atomic E-state index is 9.69. The van der Waals surface area contributed by atoms with Crippen LogP contribution in [-0.2, 0) is 6.42 Å². The first-order valence-electron chi connectivity index (χ1n) is 6.34. The molecule has 3 nitrogen and oxygen atoms in total. The number of anilines is 1. The second kappa shape index (κ2) is 4.67. The summed E-state index contributed by atoms with van der Waals surface area (Å²) in [7, 11) is 0. The van der Waals surface area contributed by atoms with Gasteiger partial charge in [-0.05, 0) is 44.4 Å². The van der Waals surface area contributed by atoms with Gasteiger partial charge in [0.05, 0.1) is 12.1 Å². The highest BCUT2D eigenvalue weighted by Crippen LogP contribution is 2.32. The first-order chi connectivity index (χ1) is 8.00. The van der Waals surface area contributed by atoms with E-state index < -0.39 is 0 Å². The van der Waals surface area contributed by atoms with Gasteiger partial charge >= 0.3 is 0 Å². The summed E-state index contributed by atoms with van der Waals surface area (Å²) in [6, 6.07) is 6.69. The molecular formula is C14H22N2O. The Morgan fingerprint density at radius 1 is 1.29 bits per heavy atom. The molecule has 0 fully saturated rings. The van der Waals surface area contributed by atoms with Gasteiger partial charge in [-0.1, -0.05) is 12.1 Å². The predicted molar refractivity (Wildman–Crippen MR) is 71.2 cm³/mol. The molecule has 0 amide bonds. The summed E-state index contributed by atoms with van der Waals surface area (Å²) in [6.07, 6.45) is 0.738. The summed E-state index contributed by atoms with van der Waals surface area (Å²) < 4.78 is 0. The average Bonchev–Trinajstić information content (AvgIpc) is 2.70. The molecule has 0 bridgehead atoms. The van der Waals surface area contributed by atoms with Gasteiger partial charge in [0.1, 0.15) is 0 Å². The lowest BCUT2D eigenvalue weighted by Crippen LogP contribution is -2.39. The predicted octanol–water partition coefficient (Wildman–Crippen LogP) is 1.84. The molecule has 0 aromatic heterocycles. The molecule has 3 unspecified atom stereocenters. The minimum atomic E-state index is -0.311. The van der Waals surface area contributed by atoms with Crippen molar-refractivity contribution in [2.24, 2.45) is 5.73 Å². The van der Waals surface area contributed by atoms with Crippen LogP contribution in [0.3, 0.4) is 0 Å². The molecule has 94 valence electrons. The maximum Gasteiger partial charge on any atom is 0.0712 e. The topological polar surface area (TPSA) is 49.5 Å². The Balaban J connectivity index is 2.28. The molecule has 0 radical (unpaired) electrons. The fraction of sp³-hybridized carbons (Fsp3) is 0.571. The summed E-state index contributed by atoms with van der Waals surface area (Å²) in [5, 5.41) is 9.69. The SMILES string of the molecule is CC(N)c1ccc2c(c1)CCN2C(C)C(C)O. The van der Waals surface area contributed by atoms with Crippen LogP contribution < -0.4 is 10.6 Å². The lowest BCUT2D eigenvalue weighted by Gasteiger charge is -2.29. The number of hydrogen-bond acceptors (Lipinski definition) is 3. The van der Waals surface area contributed by atoms with Crippen LogP contribution in [0.5, 0.6) is 0 Å². The number of nitrogens with two attached hydrogens (primary N) is 1. The largest absolute Gasteiger partial charge is 0.391 e. The van der Waals surface area contributed by atoms with E-state index in [2.05, 4.69) is 30.0 Å². The summed E-state index contributed by atoms with van der Waals surface area (Å²) in [5.74, 6) is 0. The fourth-order valence-corrected chi connectivity index (χ4v) is 2.41. The molecule has 1 aliphatic heterocycles. The van der Waals surface area contributed by atoms with Crippen molar-refractivity contribution in [3.63, 3.8) is 0 Å². The number of nitrogens with zero attached hydrogens (tertiary/aromatic N) is 1. The van der Waals surface area contributed by atoms with Crippen molar-refractivity contribution in [2.75, 3.05) is 11.4 Å². The minimum Gasteiger partial charge on any atom is -0.391 e. The van der Waals surface area contributed by atoms with Gasteiger partial charge in [0, 0.05) is 18.3 Å². The molecule has 1 aromatic carbocycles. The highest BCUT2D eigenvalue weighted by molar-refractivity contribution is 5.60. The van der Waals surface area contributed by atoms with Gasteiger partial charge in [-0.3, -0.25) is 0 Å². The Bertz CT molecular complexity index is 401. The monoisotopic (exact) mass is 234 g/mol. The highest BCUT2D eigenvalue weighted by atomic mass is 16.3. The maximum absolute atomic E-state index is 9.69. The highest BCUT2D eigenvalue weighted by Gasteiger charge is 2.26. The average molecular weight is 234 g/mol. The van der Waals surface area contributed by atoms with E-state index in [0.717, 1.165) is 13.0 Å². The molecule has 0 aliphatic carbocycles. The molecule has 3 atom stereocenters. The summed E-state index contributed by atoms with van der Waals surface area (Å²) in [6.45, 7) is 6.91. The van der Waals surface area contributed by atoms with Gasteiger partial charge in [-0.25, -0.2) is 0 Å². The Labute approximate surface area is 103 Å². The van der Waals surface area contributed by atoms with E-state index in [1.165, 1.54) is 16.8 Å². The summed E-state index contributed by atoms with van der Waals surface area (Å²) >= 11 is 0. The smallest absolute Gasteiger partial charge is 0.0712 e. The quantitative estimate of drug-likeness (QED) is 0.839. The molecule has 17 heavy (non-hydrogen) atoms. The van der Waals surface area contributed by atoms with Crippen molar-refractivity contribution < 1.29 is 5.11 Å². The molecule has 1 aromatic rings. The molecule has 1 aliphatic rings. The Kier molecular flexibility index (Phi) is 3.40. The summed E-state index contributed by atoms with van der Waals surface area (Å²) in [4.78, 5) is 2.28. The van der Waals surface area contributed by atoms with E-state index in [0.29, 0.717) is 0 Å². The zero-order valence-corrected chi connectivity index (χ0v) is 10.9. The molecule has 0 saturated heterocycles. The van der Waals surface area contributed by atoms with Gasteiger partial charge in [-0.15, -0.1) is 0 Å². The van der Waals surface area contributed by atoms with Crippen molar-refractivity contribution in [1.29, 1.82) is 0 Å². The van der Waals surface area contributed by atoms with Gasteiger partial charge in [0.15, 0.2) is 0 Å². The van der Waals surface area contributed by atoms with Crippen molar-refractivity contribution in [3.8, 4) is 0 Å². The number of fused-ring (bicyclic) bond motifs is 1. The van der Waals surface area contributed by atoms with E-state index in [1.807, 2.05) is 13.8 Å². The molecule has 0 saturated carbocycles. The summed E-state index contributed by atoms with van der Waals surface area (Å²) in [5.41, 5.74) is 9.69. The van der Waals surface area contributed by atoms with Crippen LogP contribution in [0.2, 0.25) is 0 Å². The van der Waals surface area contributed by atoms with Crippen LogP contribution >= 0.6 is 0 Å². The van der Waals surface area contributed by atoms with Crippen LogP contribution in [0.4, 0.5) is 5.69 Å². The van der Waals surface area contributed by atoms with Crippen molar-refractivity contribution in [1.82, 2.24) is 0 Å². The minimum absolute atomic E-state index is 0.0866. The Morgan fingerprint density at radius 3 is 2.59 bits per heavy atom. The number of benzene rings is 1.